The maximum absolute atomic E-state index is 5.77. The number of anilines is 1. The van der Waals surface area contributed by atoms with E-state index in [1.54, 1.807) is 0 Å². The molecule has 0 saturated carbocycles. The van der Waals surface area contributed by atoms with Crippen LogP contribution in [-0.2, 0) is 11.3 Å². The molecule has 2 saturated heterocycles. The van der Waals surface area contributed by atoms with Crippen LogP contribution in [0.2, 0.25) is 0 Å². The fraction of sp³-hybridized carbons (Fsp3) is 0.778. The number of aromatic nitrogens is 2. The van der Waals surface area contributed by atoms with Gasteiger partial charge in [0.1, 0.15) is 5.01 Å². The summed E-state index contributed by atoms with van der Waals surface area (Å²) in [7, 11) is 0. The van der Waals surface area contributed by atoms with Crippen molar-refractivity contribution in [2.75, 3.05) is 18.8 Å². The van der Waals surface area contributed by atoms with Gasteiger partial charge >= 0.3 is 0 Å². The number of likely N-dealkylation sites (tertiary alicyclic amines) is 1. The van der Waals surface area contributed by atoms with Gasteiger partial charge in [0.25, 0.3) is 0 Å². The van der Waals surface area contributed by atoms with Crippen LogP contribution in [0.1, 0.15) is 17.8 Å². The molecule has 1 aromatic heterocycles. The summed E-state index contributed by atoms with van der Waals surface area (Å²) in [6, 6.07) is 0. The SMILES string of the molecule is Nc1nnc(CN2CC3CCC(C2)O3)s1. The Hall–Kier alpha value is -0.720. The highest BCUT2D eigenvalue weighted by molar-refractivity contribution is 7.15. The maximum Gasteiger partial charge on any atom is 0.203 e. The first-order chi connectivity index (χ1) is 7.29. The van der Waals surface area contributed by atoms with E-state index in [0.717, 1.165) is 24.6 Å². The Morgan fingerprint density at radius 3 is 2.67 bits per heavy atom. The third kappa shape index (κ3) is 1.97. The largest absolute Gasteiger partial charge is 0.374 e. The molecular weight excluding hydrogens is 212 g/mol. The molecule has 2 aliphatic heterocycles. The quantitative estimate of drug-likeness (QED) is 0.794. The summed E-state index contributed by atoms with van der Waals surface area (Å²) in [6.45, 7) is 2.91. The second kappa shape index (κ2) is 3.70. The van der Waals surface area contributed by atoms with Gasteiger partial charge in [0.15, 0.2) is 0 Å². The van der Waals surface area contributed by atoms with Crippen molar-refractivity contribution >= 4 is 16.5 Å². The molecule has 6 heteroatoms. The molecular formula is C9H14N4OS. The number of nitrogen functional groups attached to an aromatic ring is 1. The van der Waals surface area contributed by atoms with Crippen molar-refractivity contribution in [2.24, 2.45) is 0 Å². The highest BCUT2D eigenvalue weighted by Gasteiger charge is 2.33. The molecule has 3 rings (SSSR count). The topological polar surface area (TPSA) is 64.3 Å². The lowest BCUT2D eigenvalue weighted by Crippen LogP contribution is -2.41. The van der Waals surface area contributed by atoms with Crippen LogP contribution >= 0.6 is 11.3 Å². The fourth-order valence-electron chi connectivity index (χ4n) is 2.35. The van der Waals surface area contributed by atoms with E-state index in [4.69, 9.17) is 10.5 Å². The van der Waals surface area contributed by atoms with Gasteiger partial charge in [-0.05, 0) is 12.8 Å². The Labute approximate surface area is 92.2 Å². The summed E-state index contributed by atoms with van der Waals surface area (Å²) in [5, 5.41) is 9.43. The van der Waals surface area contributed by atoms with Gasteiger partial charge in [0.2, 0.25) is 5.13 Å². The molecule has 5 nitrogen and oxygen atoms in total. The molecule has 1 aromatic rings. The van der Waals surface area contributed by atoms with Gasteiger partial charge in [-0.3, -0.25) is 4.90 Å². The van der Waals surface area contributed by atoms with E-state index in [1.807, 2.05) is 0 Å². The lowest BCUT2D eigenvalue weighted by Gasteiger charge is -2.31. The molecule has 2 aliphatic rings. The van der Waals surface area contributed by atoms with Crippen molar-refractivity contribution in [3.05, 3.63) is 5.01 Å². The van der Waals surface area contributed by atoms with Gasteiger partial charge in [-0.1, -0.05) is 11.3 Å². The monoisotopic (exact) mass is 226 g/mol. The third-order valence-corrected chi connectivity index (χ3v) is 3.70. The third-order valence-electron chi connectivity index (χ3n) is 2.96. The molecule has 2 atom stereocenters. The van der Waals surface area contributed by atoms with Gasteiger partial charge in [0, 0.05) is 13.1 Å². The number of ether oxygens (including phenoxy) is 1. The Balaban J connectivity index is 1.64. The molecule has 2 fully saturated rings. The van der Waals surface area contributed by atoms with Crippen LogP contribution in [0.3, 0.4) is 0 Å². The minimum atomic E-state index is 0.439. The van der Waals surface area contributed by atoms with Crippen molar-refractivity contribution in [3.8, 4) is 0 Å². The van der Waals surface area contributed by atoms with E-state index in [1.165, 1.54) is 24.2 Å². The van der Waals surface area contributed by atoms with E-state index in [0.29, 0.717) is 17.3 Å². The number of fused-ring (bicyclic) bond motifs is 2. The summed E-state index contributed by atoms with van der Waals surface area (Å²) < 4.78 is 5.77. The van der Waals surface area contributed by atoms with Crippen molar-refractivity contribution in [1.82, 2.24) is 15.1 Å². The first kappa shape index (κ1) is 9.50. The molecule has 2 bridgehead atoms. The molecule has 0 aromatic carbocycles. The lowest BCUT2D eigenvalue weighted by atomic mass is 10.2. The number of morpholine rings is 1. The van der Waals surface area contributed by atoms with Crippen LogP contribution < -0.4 is 5.73 Å². The molecule has 2 N–H and O–H groups in total. The molecule has 0 aliphatic carbocycles. The zero-order chi connectivity index (χ0) is 10.3. The van der Waals surface area contributed by atoms with E-state index in [9.17, 15) is 0 Å². The van der Waals surface area contributed by atoms with Crippen LogP contribution in [0.25, 0.3) is 0 Å². The van der Waals surface area contributed by atoms with Crippen LogP contribution in [-0.4, -0.2) is 40.4 Å². The summed E-state index contributed by atoms with van der Waals surface area (Å²) in [6.07, 6.45) is 3.29. The Bertz CT molecular complexity index is 344. The van der Waals surface area contributed by atoms with Crippen LogP contribution in [0.15, 0.2) is 0 Å². The first-order valence-electron chi connectivity index (χ1n) is 5.25. The number of nitrogens with two attached hydrogens (primary N) is 1. The fourth-order valence-corrected chi connectivity index (χ4v) is 3.00. The van der Waals surface area contributed by atoms with Crippen molar-refractivity contribution in [2.45, 2.75) is 31.6 Å². The zero-order valence-electron chi connectivity index (χ0n) is 8.43. The van der Waals surface area contributed by atoms with Gasteiger partial charge in [-0.2, -0.15) is 0 Å². The van der Waals surface area contributed by atoms with Crippen LogP contribution in [0.5, 0.6) is 0 Å². The van der Waals surface area contributed by atoms with E-state index >= 15 is 0 Å². The number of nitrogens with zero attached hydrogens (tertiary/aromatic N) is 3. The Morgan fingerprint density at radius 1 is 1.33 bits per heavy atom. The number of hydrogen-bond donors (Lipinski definition) is 1. The van der Waals surface area contributed by atoms with E-state index < -0.39 is 0 Å². The Kier molecular flexibility index (Phi) is 2.34. The summed E-state index contributed by atoms with van der Waals surface area (Å²) in [5.74, 6) is 0. The second-order valence-electron chi connectivity index (χ2n) is 4.19. The van der Waals surface area contributed by atoms with Crippen molar-refractivity contribution < 1.29 is 4.74 Å². The predicted molar refractivity (Wildman–Crippen MR) is 57.5 cm³/mol. The Morgan fingerprint density at radius 2 is 2.07 bits per heavy atom. The van der Waals surface area contributed by atoms with Crippen LogP contribution in [0, 0.1) is 0 Å². The number of hydrogen-bond acceptors (Lipinski definition) is 6. The molecule has 82 valence electrons. The summed E-state index contributed by atoms with van der Waals surface area (Å²) in [4.78, 5) is 2.39. The van der Waals surface area contributed by atoms with Crippen LogP contribution in [0.4, 0.5) is 5.13 Å². The minimum Gasteiger partial charge on any atom is -0.374 e. The molecule has 3 heterocycles. The second-order valence-corrected chi connectivity index (χ2v) is 5.28. The molecule has 0 amide bonds. The molecule has 0 radical (unpaired) electrons. The first-order valence-corrected chi connectivity index (χ1v) is 6.07. The van der Waals surface area contributed by atoms with Gasteiger partial charge in [-0.25, -0.2) is 0 Å². The normalized spacial score (nSPS) is 30.9. The molecule has 0 spiro atoms. The van der Waals surface area contributed by atoms with Crippen molar-refractivity contribution in [3.63, 3.8) is 0 Å². The van der Waals surface area contributed by atoms with E-state index in [2.05, 4.69) is 15.1 Å². The van der Waals surface area contributed by atoms with Gasteiger partial charge in [-0.15, -0.1) is 10.2 Å². The number of rotatable bonds is 2. The van der Waals surface area contributed by atoms with Gasteiger partial charge in [0.05, 0.1) is 18.8 Å². The lowest BCUT2D eigenvalue weighted by molar-refractivity contribution is -0.0411. The summed E-state index contributed by atoms with van der Waals surface area (Å²) >= 11 is 1.48. The highest BCUT2D eigenvalue weighted by atomic mass is 32.1. The highest BCUT2D eigenvalue weighted by Crippen LogP contribution is 2.27. The molecule has 2 unspecified atom stereocenters. The zero-order valence-corrected chi connectivity index (χ0v) is 9.24. The maximum atomic E-state index is 5.77. The molecule has 15 heavy (non-hydrogen) atoms. The van der Waals surface area contributed by atoms with Gasteiger partial charge < -0.3 is 10.5 Å². The van der Waals surface area contributed by atoms with E-state index in [-0.39, 0.29) is 0 Å². The summed E-state index contributed by atoms with van der Waals surface area (Å²) in [5.41, 5.74) is 5.55. The standard InChI is InChI=1S/C9H14N4OS/c10-9-12-11-8(15-9)5-13-3-6-1-2-7(4-13)14-6/h6-7H,1-5H2,(H2,10,12). The average molecular weight is 226 g/mol. The minimum absolute atomic E-state index is 0.439. The average Bonchev–Trinajstić information content (AvgIpc) is 2.74. The smallest absolute Gasteiger partial charge is 0.203 e. The predicted octanol–water partition coefficient (Wildman–Crippen LogP) is 0.483. The van der Waals surface area contributed by atoms with Crippen molar-refractivity contribution in [1.29, 1.82) is 0 Å².